The Morgan fingerprint density at radius 3 is 2.94 bits per heavy atom. The molecule has 1 aliphatic rings. The average molecular weight is 252 g/mol. The zero-order valence-electron chi connectivity index (χ0n) is 10.1. The molecule has 0 bridgehead atoms. The molecule has 1 N–H and O–H groups in total. The van der Waals surface area contributed by atoms with Crippen LogP contribution in [-0.4, -0.2) is 43.3 Å². The molecule has 1 aliphatic heterocycles. The number of nitrogens with one attached hydrogen (secondary N) is 1. The van der Waals surface area contributed by atoms with Gasteiger partial charge in [-0.05, 0) is 5.56 Å². The Bertz CT molecular complexity index is 386. The van der Waals surface area contributed by atoms with Gasteiger partial charge in [-0.15, -0.1) is 0 Å². The van der Waals surface area contributed by atoms with E-state index in [9.17, 15) is 9.18 Å². The Labute approximate surface area is 106 Å². The minimum absolute atomic E-state index is 0.225. The maximum Gasteiger partial charge on any atom is 0.410 e. The van der Waals surface area contributed by atoms with Crippen LogP contribution >= 0.6 is 0 Å². The molecule has 1 amide bonds. The first-order chi connectivity index (χ1) is 8.81. The van der Waals surface area contributed by atoms with E-state index in [1.807, 2.05) is 30.3 Å². The van der Waals surface area contributed by atoms with E-state index in [0.29, 0.717) is 19.6 Å². The van der Waals surface area contributed by atoms with Crippen molar-refractivity contribution in [1.82, 2.24) is 10.2 Å². The smallest absolute Gasteiger partial charge is 0.410 e. The summed E-state index contributed by atoms with van der Waals surface area (Å²) in [6.07, 6.45) is -0.442. The quantitative estimate of drug-likeness (QED) is 0.887. The number of amides is 1. The van der Waals surface area contributed by atoms with Crippen molar-refractivity contribution in [3.8, 4) is 0 Å². The minimum atomic E-state index is -0.548. The summed E-state index contributed by atoms with van der Waals surface area (Å²) in [5.41, 5.74) is 0.929. The molecule has 98 valence electrons. The summed E-state index contributed by atoms with van der Waals surface area (Å²) in [7, 11) is 0. The van der Waals surface area contributed by atoms with Crippen LogP contribution in [0.3, 0.4) is 0 Å². The molecular formula is C13H17FN2O2. The largest absolute Gasteiger partial charge is 0.445 e. The van der Waals surface area contributed by atoms with Crippen LogP contribution < -0.4 is 5.32 Å². The predicted octanol–water partition coefficient (Wildman–Crippen LogP) is 1.57. The van der Waals surface area contributed by atoms with Gasteiger partial charge in [0.1, 0.15) is 13.3 Å². The molecule has 0 spiro atoms. The van der Waals surface area contributed by atoms with Gasteiger partial charge in [-0.3, -0.25) is 0 Å². The molecule has 2 rings (SSSR count). The molecule has 1 aromatic carbocycles. The molecule has 18 heavy (non-hydrogen) atoms. The highest BCUT2D eigenvalue weighted by Crippen LogP contribution is 2.08. The second kappa shape index (κ2) is 6.35. The van der Waals surface area contributed by atoms with E-state index in [2.05, 4.69) is 5.32 Å². The van der Waals surface area contributed by atoms with Crippen molar-refractivity contribution < 1.29 is 13.9 Å². The fraction of sp³-hybridized carbons (Fsp3) is 0.462. The third-order valence-corrected chi connectivity index (χ3v) is 2.97. The van der Waals surface area contributed by atoms with Gasteiger partial charge in [0.05, 0.1) is 6.04 Å². The van der Waals surface area contributed by atoms with E-state index in [1.165, 1.54) is 4.90 Å². The molecule has 1 atom stereocenters. The van der Waals surface area contributed by atoms with E-state index in [4.69, 9.17) is 4.74 Å². The number of halogens is 1. The third-order valence-electron chi connectivity index (χ3n) is 2.97. The van der Waals surface area contributed by atoms with Crippen LogP contribution in [0, 0.1) is 0 Å². The monoisotopic (exact) mass is 252 g/mol. The first kappa shape index (κ1) is 12.8. The number of carbonyl (C=O) groups is 1. The van der Waals surface area contributed by atoms with Gasteiger partial charge < -0.3 is 15.0 Å². The molecule has 1 fully saturated rings. The summed E-state index contributed by atoms with van der Waals surface area (Å²) in [6.45, 7) is 1.33. The van der Waals surface area contributed by atoms with Gasteiger partial charge in [-0.2, -0.15) is 0 Å². The molecule has 1 saturated heterocycles. The predicted molar refractivity (Wildman–Crippen MR) is 66.0 cm³/mol. The number of carbonyl (C=O) groups excluding carboxylic acids is 1. The van der Waals surface area contributed by atoms with Crippen LogP contribution in [0.1, 0.15) is 5.56 Å². The normalized spacial score (nSPS) is 19.6. The molecule has 1 aromatic rings. The Morgan fingerprint density at radius 2 is 2.22 bits per heavy atom. The van der Waals surface area contributed by atoms with E-state index < -0.39 is 18.8 Å². The van der Waals surface area contributed by atoms with Crippen molar-refractivity contribution in [3.05, 3.63) is 35.9 Å². The fourth-order valence-corrected chi connectivity index (χ4v) is 1.94. The molecule has 0 radical (unpaired) electrons. The second-order valence-corrected chi connectivity index (χ2v) is 4.25. The lowest BCUT2D eigenvalue weighted by molar-refractivity contribution is 0.0659. The van der Waals surface area contributed by atoms with Crippen LogP contribution in [-0.2, 0) is 11.3 Å². The number of nitrogens with zero attached hydrogens (tertiary/aromatic N) is 1. The van der Waals surface area contributed by atoms with Crippen LogP contribution in [0.2, 0.25) is 0 Å². The maximum atomic E-state index is 12.8. The van der Waals surface area contributed by atoms with Gasteiger partial charge in [-0.25, -0.2) is 9.18 Å². The van der Waals surface area contributed by atoms with E-state index in [1.54, 1.807) is 0 Å². The number of alkyl halides is 1. The van der Waals surface area contributed by atoms with Gasteiger partial charge in [0.15, 0.2) is 0 Å². The summed E-state index contributed by atoms with van der Waals surface area (Å²) in [6, 6.07) is 9.04. The highest BCUT2D eigenvalue weighted by Gasteiger charge is 2.27. The Morgan fingerprint density at radius 1 is 1.44 bits per heavy atom. The number of hydrogen-bond acceptors (Lipinski definition) is 3. The summed E-state index contributed by atoms with van der Waals surface area (Å²) < 4.78 is 18.0. The Hall–Kier alpha value is -1.62. The lowest BCUT2D eigenvalue weighted by atomic mass is 10.2. The molecule has 0 aliphatic carbocycles. The molecular weight excluding hydrogens is 235 g/mol. The minimum Gasteiger partial charge on any atom is -0.445 e. The number of piperazine rings is 1. The third kappa shape index (κ3) is 3.20. The summed E-state index contributed by atoms with van der Waals surface area (Å²) in [5.74, 6) is 0. The van der Waals surface area contributed by atoms with Gasteiger partial charge in [-0.1, -0.05) is 30.3 Å². The lowest BCUT2D eigenvalue weighted by Crippen LogP contribution is -2.54. The van der Waals surface area contributed by atoms with Crippen LogP contribution in [0.5, 0.6) is 0 Å². The summed E-state index contributed by atoms with van der Waals surface area (Å²) >= 11 is 0. The average Bonchev–Trinajstić information content (AvgIpc) is 2.45. The molecule has 5 heteroatoms. The number of ether oxygens (including phenoxy) is 1. The Kier molecular flexibility index (Phi) is 4.52. The van der Waals surface area contributed by atoms with Gasteiger partial charge >= 0.3 is 6.09 Å². The SMILES string of the molecule is O=C(OCc1ccccc1)N1CCNC[C@@H]1CF. The Balaban J connectivity index is 1.87. The highest BCUT2D eigenvalue weighted by atomic mass is 19.1. The van der Waals surface area contributed by atoms with E-state index in [-0.39, 0.29) is 6.61 Å². The van der Waals surface area contributed by atoms with Crippen LogP contribution in [0.4, 0.5) is 9.18 Å². The second-order valence-electron chi connectivity index (χ2n) is 4.25. The molecule has 0 unspecified atom stereocenters. The molecule has 0 aromatic heterocycles. The number of benzene rings is 1. The summed E-state index contributed by atoms with van der Waals surface area (Å²) in [5, 5.41) is 3.05. The lowest BCUT2D eigenvalue weighted by Gasteiger charge is -2.33. The van der Waals surface area contributed by atoms with Gasteiger partial charge in [0.25, 0.3) is 0 Å². The van der Waals surface area contributed by atoms with Crippen molar-refractivity contribution in [3.63, 3.8) is 0 Å². The standard InChI is InChI=1S/C13H17FN2O2/c14-8-12-9-15-6-7-16(12)13(17)18-10-11-4-2-1-3-5-11/h1-5,12,15H,6-10H2/t12-/m0/s1. The first-order valence-electron chi connectivity index (χ1n) is 6.05. The molecule has 1 heterocycles. The zero-order chi connectivity index (χ0) is 12.8. The topological polar surface area (TPSA) is 41.6 Å². The van der Waals surface area contributed by atoms with Crippen molar-refractivity contribution >= 4 is 6.09 Å². The molecule has 0 saturated carbocycles. The number of hydrogen-bond donors (Lipinski definition) is 1. The molecule has 4 nitrogen and oxygen atoms in total. The highest BCUT2D eigenvalue weighted by molar-refractivity contribution is 5.68. The van der Waals surface area contributed by atoms with Crippen molar-refractivity contribution in [2.45, 2.75) is 12.6 Å². The van der Waals surface area contributed by atoms with Crippen molar-refractivity contribution in [2.75, 3.05) is 26.3 Å². The van der Waals surface area contributed by atoms with Gasteiger partial charge in [0, 0.05) is 19.6 Å². The fourth-order valence-electron chi connectivity index (χ4n) is 1.94. The number of rotatable bonds is 3. The van der Waals surface area contributed by atoms with Crippen LogP contribution in [0.25, 0.3) is 0 Å². The zero-order valence-corrected chi connectivity index (χ0v) is 10.1. The van der Waals surface area contributed by atoms with E-state index >= 15 is 0 Å². The summed E-state index contributed by atoms with van der Waals surface area (Å²) in [4.78, 5) is 13.3. The first-order valence-corrected chi connectivity index (χ1v) is 6.05. The van der Waals surface area contributed by atoms with Crippen LogP contribution in [0.15, 0.2) is 30.3 Å². The van der Waals surface area contributed by atoms with Crippen molar-refractivity contribution in [1.29, 1.82) is 0 Å². The van der Waals surface area contributed by atoms with E-state index in [0.717, 1.165) is 5.56 Å². The maximum absolute atomic E-state index is 12.8. The van der Waals surface area contributed by atoms with Crippen molar-refractivity contribution in [2.24, 2.45) is 0 Å². The van der Waals surface area contributed by atoms with Gasteiger partial charge in [0.2, 0.25) is 0 Å².